The molecule has 3 rings (SSSR count). The summed E-state index contributed by atoms with van der Waals surface area (Å²) in [6, 6.07) is 1.56. The zero-order chi connectivity index (χ0) is 15.9. The summed E-state index contributed by atoms with van der Waals surface area (Å²) in [5.74, 6) is -0.583. The lowest BCUT2D eigenvalue weighted by molar-refractivity contribution is 0.629. The van der Waals surface area contributed by atoms with E-state index in [-0.39, 0.29) is 16.3 Å². The van der Waals surface area contributed by atoms with Crippen molar-refractivity contribution in [3.63, 3.8) is 0 Å². The van der Waals surface area contributed by atoms with Crippen molar-refractivity contribution in [1.29, 1.82) is 0 Å². The molecule has 0 unspecified atom stereocenters. The molecule has 2 aromatic rings. The van der Waals surface area contributed by atoms with Gasteiger partial charge in [-0.2, -0.15) is 5.10 Å². The maximum atomic E-state index is 14.7. The zero-order valence-electron chi connectivity index (χ0n) is 11.9. The molecule has 1 aromatic carbocycles. The van der Waals surface area contributed by atoms with Crippen LogP contribution < -0.4 is 4.90 Å². The van der Waals surface area contributed by atoms with Crippen LogP contribution >= 0.6 is 27.5 Å². The summed E-state index contributed by atoms with van der Waals surface area (Å²) in [6.07, 6.45) is 3.72. The number of halogens is 3. The Hall–Kier alpha value is -1.58. The van der Waals surface area contributed by atoms with Gasteiger partial charge in [-0.05, 0) is 34.8 Å². The Bertz CT molecular complexity index is 755. The predicted octanol–water partition coefficient (Wildman–Crippen LogP) is 4.79. The molecule has 0 radical (unpaired) electrons. The second kappa shape index (κ2) is 5.90. The molecule has 1 fully saturated rings. The fraction of sp³-hybridized carbons (Fsp3) is 0.333. The molecule has 1 aromatic heterocycles. The molecule has 0 bridgehead atoms. The third-order valence-electron chi connectivity index (χ3n) is 3.86. The average molecular weight is 384 g/mol. The number of nitrogens with zero attached hydrogens (tertiary/aromatic N) is 4. The standard InChI is InChI=1S/C15H13BrClFN4/c1-19-14-11(22-5-3-4-6-22)7-10(17)13(18)12(14)15-9(16)8-20-21(15)2/h7-8H,3-6H2,2H3. The third kappa shape index (κ3) is 2.38. The van der Waals surface area contributed by atoms with Crippen LogP contribution in [0.3, 0.4) is 0 Å². The van der Waals surface area contributed by atoms with E-state index < -0.39 is 5.82 Å². The second-order valence-corrected chi connectivity index (χ2v) is 6.45. The molecule has 1 saturated heterocycles. The van der Waals surface area contributed by atoms with E-state index in [4.69, 9.17) is 18.2 Å². The normalized spacial score (nSPS) is 14.4. The van der Waals surface area contributed by atoms with Gasteiger partial charge in [0.25, 0.3) is 0 Å². The first-order chi connectivity index (χ1) is 10.5. The minimum Gasteiger partial charge on any atom is -0.380 e. The van der Waals surface area contributed by atoms with Crippen LogP contribution in [0.2, 0.25) is 5.02 Å². The lowest BCUT2D eigenvalue weighted by Gasteiger charge is -2.22. The van der Waals surface area contributed by atoms with Crippen LogP contribution in [0.1, 0.15) is 12.8 Å². The van der Waals surface area contributed by atoms with Gasteiger partial charge in [0.2, 0.25) is 5.69 Å². The monoisotopic (exact) mass is 382 g/mol. The van der Waals surface area contributed by atoms with E-state index in [1.165, 1.54) is 0 Å². The third-order valence-corrected chi connectivity index (χ3v) is 4.72. The van der Waals surface area contributed by atoms with Gasteiger partial charge in [-0.3, -0.25) is 4.68 Å². The first kappa shape index (κ1) is 15.3. The van der Waals surface area contributed by atoms with Crippen LogP contribution in [-0.4, -0.2) is 22.9 Å². The Morgan fingerprint density at radius 1 is 1.41 bits per heavy atom. The molecule has 7 heteroatoms. The van der Waals surface area contributed by atoms with Gasteiger partial charge in [0, 0.05) is 31.4 Å². The summed E-state index contributed by atoms with van der Waals surface area (Å²) in [6.45, 7) is 9.26. The van der Waals surface area contributed by atoms with Crippen molar-refractivity contribution in [3.8, 4) is 11.3 Å². The molecule has 0 saturated carbocycles. The van der Waals surface area contributed by atoms with Gasteiger partial charge in [0.15, 0.2) is 0 Å². The van der Waals surface area contributed by atoms with Crippen LogP contribution in [0, 0.1) is 12.4 Å². The first-order valence-electron chi connectivity index (χ1n) is 6.87. The molecule has 2 heterocycles. The van der Waals surface area contributed by atoms with E-state index in [2.05, 4.69) is 30.8 Å². The molecule has 0 aliphatic carbocycles. The van der Waals surface area contributed by atoms with Crippen LogP contribution in [0.15, 0.2) is 16.7 Å². The summed E-state index contributed by atoms with van der Waals surface area (Å²) >= 11 is 9.47. The molecule has 114 valence electrons. The highest BCUT2D eigenvalue weighted by atomic mass is 79.9. The number of hydrogen-bond donors (Lipinski definition) is 0. The van der Waals surface area contributed by atoms with Crippen LogP contribution in [-0.2, 0) is 7.05 Å². The zero-order valence-corrected chi connectivity index (χ0v) is 14.2. The summed E-state index contributed by atoms with van der Waals surface area (Å²) in [5.41, 5.74) is 1.71. The summed E-state index contributed by atoms with van der Waals surface area (Å²) in [5, 5.41) is 4.13. The maximum absolute atomic E-state index is 14.7. The Morgan fingerprint density at radius 2 is 2.09 bits per heavy atom. The number of rotatable bonds is 2. The fourth-order valence-corrected chi connectivity index (χ4v) is 3.57. The lowest BCUT2D eigenvalue weighted by atomic mass is 10.1. The highest BCUT2D eigenvalue weighted by Crippen LogP contribution is 2.46. The number of anilines is 1. The Balaban J connectivity index is 2.31. The van der Waals surface area contributed by atoms with E-state index in [0.29, 0.717) is 15.9 Å². The highest BCUT2D eigenvalue weighted by Gasteiger charge is 2.26. The lowest BCUT2D eigenvalue weighted by Crippen LogP contribution is -2.18. The Morgan fingerprint density at radius 3 is 2.64 bits per heavy atom. The van der Waals surface area contributed by atoms with Crippen molar-refractivity contribution in [3.05, 3.63) is 39.0 Å². The largest absolute Gasteiger partial charge is 0.380 e. The quantitative estimate of drug-likeness (QED) is 0.697. The van der Waals surface area contributed by atoms with Crippen LogP contribution in [0.4, 0.5) is 15.8 Å². The van der Waals surface area contributed by atoms with E-state index in [9.17, 15) is 4.39 Å². The Kier molecular flexibility index (Phi) is 4.11. The van der Waals surface area contributed by atoms with Gasteiger partial charge in [0.05, 0.1) is 28.0 Å². The minimum atomic E-state index is -0.583. The van der Waals surface area contributed by atoms with Crippen LogP contribution in [0.5, 0.6) is 0 Å². The highest BCUT2D eigenvalue weighted by molar-refractivity contribution is 9.10. The Labute approximate surface area is 141 Å². The smallest absolute Gasteiger partial charge is 0.221 e. The van der Waals surface area contributed by atoms with Crippen molar-refractivity contribution >= 4 is 38.9 Å². The van der Waals surface area contributed by atoms with Crippen molar-refractivity contribution in [2.75, 3.05) is 18.0 Å². The molecule has 0 atom stereocenters. The molecular weight excluding hydrogens is 371 g/mol. The molecule has 0 amide bonds. The molecule has 0 spiro atoms. The summed E-state index contributed by atoms with van der Waals surface area (Å²) in [4.78, 5) is 5.69. The van der Waals surface area contributed by atoms with Gasteiger partial charge >= 0.3 is 0 Å². The van der Waals surface area contributed by atoms with E-state index in [1.54, 1.807) is 24.0 Å². The van der Waals surface area contributed by atoms with Gasteiger partial charge in [0.1, 0.15) is 5.82 Å². The molecule has 1 aliphatic heterocycles. The van der Waals surface area contributed by atoms with Gasteiger partial charge in [-0.1, -0.05) is 11.6 Å². The fourth-order valence-electron chi connectivity index (χ4n) is 2.82. The number of hydrogen-bond acceptors (Lipinski definition) is 2. The van der Waals surface area contributed by atoms with Gasteiger partial charge < -0.3 is 4.90 Å². The molecule has 4 nitrogen and oxygen atoms in total. The minimum absolute atomic E-state index is 0.0254. The summed E-state index contributed by atoms with van der Waals surface area (Å²) in [7, 11) is 1.71. The topological polar surface area (TPSA) is 25.4 Å². The number of aryl methyl sites for hydroxylation is 1. The number of benzene rings is 1. The summed E-state index contributed by atoms with van der Waals surface area (Å²) < 4.78 is 16.9. The molecule has 22 heavy (non-hydrogen) atoms. The van der Waals surface area contributed by atoms with E-state index >= 15 is 0 Å². The van der Waals surface area contributed by atoms with Gasteiger partial charge in [-0.25, -0.2) is 9.24 Å². The molecule has 1 aliphatic rings. The van der Waals surface area contributed by atoms with Gasteiger partial charge in [-0.15, -0.1) is 0 Å². The maximum Gasteiger partial charge on any atom is 0.221 e. The number of aromatic nitrogens is 2. The van der Waals surface area contributed by atoms with E-state index in [0.717, 1.165) is 25.9 Å². The predicted molar refractivity (Wildman–Crippen MR) is 89.0 cm³/mol. The first-order valence-corrected chi connectivity index (χ1v) is 8.04. The van der Waals surface area contributed by atoms with Crippen molar-refractivity contribution in [1.82, 2.24) is 9.78 Å². The molecular formula is C15H13BrClFN4. The molecule has 0 N–H and O–H groups in total. The van der Waals surface area contributed by atoms with Crippen LogP contribution in [0.25, 0.3) is 16.1 Å². The second-order valence-electron chi connectivity index (χ2n) is 5.19. The van der Waals surface area contributed by atoms with Crippen molar-refractivity contribution in [2.24, 2.45) is 7.05 Å². The SMILES string of the molecule is [C-]#[N+]c1c(N2CCCC2)cc(Cl)c(F)c1-c1c(Br)cnn1C. The van der Waals surface area contributed by atoms with Crippen molar-refractivity contribution < 1.29 is 4.39 Å². The van der Waals surface area contributed by atoms with E-state index in [1.807, 2.05) is 0 Å². The van der Waals surface area contributed by atoms with Crippen molar-refractivity contribution in [2.45, 2.75) is 12.8 Å². The average Bonchev–Trinajstić information content (AvgIpc) is 3.13.